The lowest BCUT2D eigenvalue weighted by atomic mass is 9.95. The van der Waals surface area contributed by atoms with Crippen LogP contribution in [0.25, 0.3) is 0 Å². The quantitative estimate of drug-likeness (QED) is 0.860. The first-order valence-corrected chi connectivity index (χ1v) is 7.64. The third-order valence-corrected chi connectivity index (χ3v) is 4.01. The molecule has 5 heteroatoms. The highest BCUT2D eigenvalue weighted by molar-refractivity contribution is 7.16. The minimum absolute atomic E-state index is 0.105. The van der Waals surface area contributed by atoms with Gasteiger partial charge in [-0.2, -0.15) is 0 Å². The number of carbonyl (C=O) groups excluding carboxylic acids is 2. The van der Waals surface area contributed by atoms with Crippen molar-refractivity contribution in [2.24, 2.45) is 5.41 Å². The zero-order chi connectivity index (χ0) is 15.5. The molecular formula is C15H23NO3S. The van der Waals surface area contributed by atoms with Crippen molar-refractivity contribution < 1.29 is 14.3 Å². The second-order valence-corrected chi connectivity index (χ2v) is 6.84. The van der Waals surface area contributed by atoms with E-state index in [2.05, 4.69) is 5.32 Å². The Kier molecular flexibility index (Phi) is 5.34. The van der Waals surface area contributed by atoms with E-state index in [0.29, 0.717) is 17.2 Å². The Labute approximate surface area is 124 Å². The summed E-state index contributed by atoms with van der Waals surface area (Å²) in [6, 6.07) is 0. The maximum absolute atomic E-state index is 12.1. The molecule has 20 heavy (non-hydrogen) atoms. The van der Waals surface area contributed by atoms with E-state index in [0.717, 1.165) is 16.9 Å². The summed E-state index contributed by atoms with van der Waals surface area (Å²) < 4.78 is 5.11. The van der Waals surface area contributed by atoms with Crippen molar-refractivity contribution in [1.82, 2.24) is 0 Å². The predicted octanol–water partition coefficient (Wildman–Crippen LogP) is 3.78. The van der Waals surface area contributed by atoms with Gasteiger partial charge in [-0.05, 0) is 25.8 Å². The van der Waals surface area contributed by atoms with Crippen molar-refractivity contribution in [2.75, 3.05) is 11.9 Å². The van der Waals surface area contributed by atoms with E-state index < -0.39 is 5.41 Å². The van der Waals surface area contributed by atoms with Gasteiger partial charge in [-0.15, -0.1) is 11.3 Å². The van der Waals surface area contributed by atoms with Crippen molar-refractivity contribution in [1.29, 1.82) is 0 Å². The lowest BCUT2D eigenvalue weighted by Gasteiger charge is -2.17. The molecule has 0 spiro atoms. The Hall–Kier alpha value is -1.36. The molecule has 0 aliphatic carbocycles. The summed E-state index contributed by atoms with van der Waals surface area (Å²) in [6.45, 7) is 11.6. The van der Waals surface area contributed by atoms with Crippen molar-refractivity contribution >= 4 is 28.2 Å². The minimum Gasteiger partial charge on any atom is -0.462 e. The van der Waals surface area contributed by atoms with Gasteiger partial charge in [-0.3, -0.25) is 4.79 Å². The van der Waals surface area contributed by atoms with Gasteiger partial charge in [-0.1, -0.05) is 27.7 Å². The summed E-state index contributed by atoms with van der Waals surface area (Å²) in [5.74, 6) is -0.468. The number of thiophene rings is 1. The minimum atomic E-state index is -0.504. The first-order valence-electron chi connectivity index (χ1n) is 6.83. The summed E-state index contributed by atoms with van der Waals surface area (Å²) in [4.78, 5) is 25.3. The van der Waals surface area contributed by atoms with Crippen LogP contribution in [0.15, 0.2) is 0 Å². The fourth-order valence-corrected chi connectivity index (χ4v) is 2.93. The smallest absolute Gasteiger partial charge is 0.341 e. The number of hydrogen-bond acceptors (Lipinski definition) is 4. The van der Waals surface area contributed by atoms with Gasteiger partial charge in [0.15, 0.2) is 0 Å². The van der Waals surface area contributed by atoms with Crippen LogP contribution in [0.3, 0.4) is 0 Å². The molecule has 4 nitrogen and oxygen atoms in total. The number of hydrogen-bond donors (Lipinski definition) is 1. The van der Waals surface area contributed by atoms with E-state index in [9.17, 15) is 9.59 Å². The molecule has 1 rings (SSSR count). The molecule has 1 N–H and O–H groups in total. The van der Waals surface area contributed by atoms with Crippen LogP contribution in [-0.2, 0) is 16.0 Å². The molecule has 112 valence electrons. The van der Waals surface area contributed by atoms with Crippen molar-refractivity contribution in [2.45, 2.75) is 48.0 Å². The third kappa shape index (κ3) is 3.60. The lowest BCUT2D eigenvalue weighted by molar-refractivity contribution is -0.123. The first kappa shape index (κ1) is 16.7. The number of rotatable bonds is 4. The van der Waals surface area contributed by atoms with Crippen LogP contribution in [0.2, 0.25) is 0 Å². The van der Waals surface area contributed by atoms with Gasteiger partial charge in [0, 0.05) is 10.3 Å². The summed E-state index contributed by atoms with van der Waals surface area (Å²) in [5.41, 5.74) is 0.961. The second kappa shape index (κ2) is 6.39. The molecule has 0 bridgehead atoms. The maximum atomic E-state index is 12.1. The van der Waals surface area contributed by atoms with E-state index in [4.69, 9.17) is 4.74 Å². The molecule has 1 heterocycles. The number of carbonyl (C=O) groups is 2. The van der Waals surface area contributed by atoms with Crippen LogP contribution in [0.5, 0.6) is 0 Å². The Morgan fingerprint density at radius 2 is 1.85 bits per heavy atom. The zero-order valence-electron chi connectivity index (χ0n) is 13.0. The molecule has 1 aromatic rings. The fourth-order valence-electron chi connectivity index (χ4n) is 1.80. The Balaban J connectivity index is 3.19. The van der Waals surface area contributed by atoms with Crippen LogP contribution >= 0.6 is 11.3 Å². The summed E-state index contributed by atoms with van der Waals surface area (Å²) in [7, 11) is 0. The van der Waals surface area contributed by atoms with E-state index in [1.54, 1.807) is 6.92 Å². The van der Waals surface area contributed by atoms with Crippen LogP contribution < -0.4 is 5.32 Å². The van der Waals surface area contributed by atoms with Gasteiger partial charge in [0.05, 0.1) is 12.2 Å². The molecule has 0 atom stereocenters. The van der Waals surface area contributed by atoms with E-state index >= 15 is 0 Å². The summed E-state index contributed by atoms with van der Waals surface area (Å²) in [5, 5.41) is 3.46. The monoisotopic (exact) mass is 297 g/mol. The van der Waals surface area contributed by atoms with Crippen LogP contribution in [-0.4, -0.2) is 18.5 Å². The van der Waals surface area contributed by atoms with Crippen molar-refractivity contribution in [3.63, 3.8) is 0 Å². The number of esters is 1. The Morgan fingerprint density at radius 3 is 2.30 bits per heavy atom. The van der Waals surface area contributed by atoms with E-state index in [-0.39, 0.29) is 11.9 Å². The molecule has 1 aromatic heterocycles. The van der Waals surface area contributed by atoms with Gasteiger partial charge in [0.25, 0.3) is 0 Å². The fraction of sp³-hybridized carbons (Fsp3) is 0.600. The molecular weight excluding hydrogens is 274 g/mol. The average molecular weight is 297 g/mol. The Morgan fingerprint density at radius 1 is 1.25 bits per heavy atom. The number of nitrogens with one attached hydrogen (secondary N) is 1. The number of amides is 1. The van der Waals surface area contributed by atoms with Crippen molar-refractivity contribution in [3.8, 4) is 0 Å². The molecule has 1 amide bonds. The molecule has 0 saturated heterocycles. The topological polar surface area (TPSA) is 55.4 Å². The highest BCUT2D eigenvalue weighted by atomic mass is 32.1. The number of ether oxygens (including phenoxy) is 1. The largest absolute Gasteiger partial charge is 0.462 e. The molecule has 0 fully saturated rings. The van der Waals surface area contributed by atoms with Gasteiger partial charge in [0.1, 0.15) is 5.00 Å². The van der Waals surface area contributed by atoms with Gasteiger partial charge in [-0.25, -0.2) is 4.79 Å². The van der Waals surface area contributed by atoms with Crippen molar-refractivity contribution in [3.05, 3.63) is 16.0 Å². The summed E-state index contributed by atoms with van der Waals surface area (Å²) in [6.07, 6.45) is 0.738. The van der Waals surface area contributed by atoms with E-state index in [1.165, 1.54) is 11.3 Å². The Bertz CT molecular complexity index is 512. The highest BCUT2D eigenvalue weighted by Gasteiger charge is 2.27. The zero-order valence-corrected chi connectivity index (χ0v) is 13.9. The van der Waals surface area contributed by atoms with Crippen LogP contribution in [0, 0.1) is 12.3 Å². The third-order valence-electron chi connectivity index (χ3n) is 2.95. The molecule has 0 radical (unpaired) electrons. The highest BCUT2D eigenvalue weighted by Crippen LogP contribution is 2.35. The van der Waals surface area contributed by atoms with Gasteiger partial charge < -0.3 is 10.1 Å². The number of aryl methyl sites for hydroxylation is 1. The predicted molar refractivity (Wildman–Crippen MR) is 82.5 cm³/mol. The van der Waals surface area contributed by atoms with Gasteiger partial charge in [0.2, 0.25) is 5.91 Å². The second-order valence-electron chi connectivity index (χ2n) is 5.62. The van der Waals surface area contributed by atoms with Crippen LogP contribution in [0.4, 0.5) is 5.00 Å². The SMILES string of the molecule is CCOC(=O)c1c(NC(=O)C(C)(C)C)sc(C)c1CC. The normalized spacial score (nSPS) is 11.3. The molecule has 0 aliphatic heterocycles. The molecule has 0 unspecified atom stereocenters. The van der Waals surface area contributed by atoms with Gasteiger partial charge >= 0.3 is 5.97 Å². The van der Waals surface area contributed by atoms with Crippen LogP contribution in [0.1, 0.15) is 55.4 Å². The number of anilines is 1. The average Bonchev–Trinajstić information content (AvgIpc) is 2.64. The maximum Gasteiger partial charge on any atom is 0.341 e. The summed E-state index contributed by atoms with van der Waals surface area (Å²) >= 11 is 1.43. The first-order chi connectivity index (χ1) is 9.22. The lowest BCUT2D eigenvalue weighted by Crippen LogP contribution is -2.28. The standard InChI is InChI=1S/C15H23NO3S/c1-7-10-9(3)20-12(11(10)13(17)19-8-2)16-14(18)15(4,5)6/h7-8H2,1-6H3,(H,16,18). The molecule has 0 saturated carbocycles. The molecule has 0 aliphatic rings. The molecule has 0 aromatic carbocycles. The van der Waals surface area contributed by atoms with E-state index in [1.807, 2.05) is 34.6 Å².